The summed E-state index contributed by atoms with van der Waals surface area (Å²) < 4.78 is 0. The number of amides is 1. The Morgan fingerprint density at radius 2 is 2.31 bits per heavy atom. The number of hydrogen-bond acceptors (Lipinski definition) is 3. The molecule has 1 aliphatic rings. The molecule has 0 aromatic rings. The topological polar surface area (TPSA) is 58.4 Å². The quantitative estimate of drug-likeness (QED) is 0.722. The van der Waals surface area contributed by atoms with Gasteiger partial charge < -0.3 is 11.1 Å². The zero-order chi connectivity index (χ0) is 12.1. The molecule has 0 radical (unpaired) electrons. The molecule has 1 amide bonds. The third-order valence-corrected chi connectivity index (χ3v) is 3.49. The molecule has 0 aromatic carbocycles. The van der Waals surface area contributed by atoms with Crippen LogP contribution in [0.1, 0.15) is 33.6 Å². The molecule has 0 aliphatic carbocycles. The second kappa shape index (κ2) is 6.21. The summed E-state index contributed by atoms with van der Waals surface area (Å²) in [5, 5.41) is 3.00. The fourth-order valence-electron chi connectivity index (χ4n) is 2.22. The van der Waals surface area contributed by atoms with Gasteiger partial charge in [0.25, 0.3) is 0 Å². The number of rotatable bonds is 5. The van der Waals surface area contributed by atoms with Crippen LogP contribution in [0.3, 0.4) is 0 Å². The summed E-state index contributed by atoms with van der Waals surface area (Å²) in [6.45, 7) is 8.50. The van der Waals surface area contributed by atoms with Crippen molar-refractivity contribution in [3.63, 3.8) is 0 Å². The van der Waals surface area contributed by atoms with Gasteiger partial charge in [0.2, 0.25) is 5.91 Å². The zero-order valence-electron chi connectivity index (χ0n) is 10.7. The van der Waals surface area contributed by atoms with Crippen molar-refractivity contribution in [3.05, 3.63) is 0 Å². The Labute approximate surface area is 98.6 Å². The maximum atomic E-state index is 11.7. The molecule has 0 saturated carbocycles. The van der Waals surface area contributed by atoms with Crippen molar-refractivity contribution < 1.29 is 4.79 Å². The van der Waals surface area contributed by atoms with E-state index in [1.54, 1.807) is 0 Å². The Hall–Kier alpha value is -0.610. The molecular formula is C12H25N3O. The van der Waals surface area contributed by atoms with E-state index in [9.17, 15) is 4.79 Å². The van der Waals surface area contributed by atoms with Gasteiger partial charge in [-0.1, -0.05) is 6.92 Å². The van der Waals surface area contributed by atoms with E-state index in [1.165, 1.54) is 0 Å². The van der Waals surface area contributed by atoms with Crippen LogP contribution in [0.2, 0.25) is 0 Å². The van der Waals surface area contributed by atoms with Crippen molar-refractivity contribution in [3.8, 4) is 0 Å². The summed E-state index contributed by atoms with van der Waals surface area (Å²) in [6, 6.07) is 0.756. The standard InChI is InChI=1S/C12H25N3O/c1-4-9(2)14-12(16)8-15-7-11(6-13)5-10(15)3/h9-11H,4-8,13H2,1-3H3,(H,14,16). The Morgan fingerprint density at radius 3 is 2.81 bits per heavy atom. The highest BCUT2D eigenvalue weighted by Gasteiger charge is 2.29. The second-order valence-electron chi connectivity index (χ2n) is 4.99. The van der Waals surface area contributed by atoms with Gasteiger partial charge in [0.1, 0.15) is 0 Å². The zero-order valence-corrected chi connectivity index (χ0v) is 10.7. The summed E-state index contributed by atoms with van der Waals surface area (Å²) >= 11 is 0. The van der Waals surface area contributed by atoms with E-state index in [-0.39, 0.29) is 11.9 Å². The smallest absolute Gasteiger partial charge is 0.234 e. The number of likely N-dealkylation sites (tertiary alicyclic amines) is 1. The minimum atomic E-state index is 0.138. The predicted molar refractivity (Wildman–Crippen MR) is 66.1 cm³/mol. The Morgan fingerprint density at radius 1 is 1.62 bits per heavy atom. The lowest BCUT2D eigenvalue weighted by Crippen LogP contribution is -2.42. The van der Waals surface area contributed by atoms with E-state index in [2.05, 4.69) is 24.1 Å². The largest absolute Gasteiger partial charge is 0.353 e. The molecule has 94 valence electrons. The Bertz CT molecular complexity index is 232. The van der Waals surface area contributed by atoms with Crippen molar-refractivity contribution >= 4 is 5.91 Å². The summed E-state index contributed by atoms with van der Waals surface area (Å²) in [4.78, 5) is 14.0. The molecule has 4 nitrogen and oxygen atoms in total. The normalized spacial score (nSPS) is 28.0. The highest BCUT2D eigenvalue weighted by molar-refractivity contribution is 5.78. The van der Waals surface area contributed by atoms with Gasteiger partial charge in [-0.3, -0.25) is 9.69 Å². The Kier molecular flexibility index (Phi) is 5.22. The van der Waals surface area contributed by atoms with Crippen LogP contribution in [0.15, 0.2) is 0 Å². The molecule has 1 heterocycles. The van der Waals surface area contributed by atoms with Crippen LogP contribution in [0.25, 0.3) is 0 Å². The number of hydrogen-bond donors (Lipinski definition) is 2. The third kappa shape index (κ3) is 3.76. The van der Waals surface area contributed by atoms with Crippen LogP contribution in [-0.4, -0.2) is 42.5 Å². The molecular weight excluding hydrogens is 202 g/mol. The van der Waals surface area contributed by atoms with Gasteiger partial charge >= 0.3 is 0 Å². The lowest BCUT2D eigenvalue weighted by molar-refractivity contribution is -0.123. The summed E-state index contributed by atoms with van der Waals surface area (Å²) in [5.74, 6) is 0.699. The fraction of sp³-hybridized carbons (Fsp3) is 0.917. The minimum Gasteiger partial charge on any atom is -0.353 e. The number of nitrogens with two attached hydrogens (primary N) is 1. The summed E-state index contributed by atoms with van der Waals surface area (Å²) in [5.41, 5.74) is 5.66. The van der Waals surface area contributed by atoms with Crippen molar-refractivity contribution in [1.29, 1.82) is 0 Å². The first-order valence-corrected chi connectivity index (χ1v) is 6.30. The SMILES string of the molecule is CCC(C)NC(=O)CN1CC(CN)CC1C. The van der Waals surface area contributed by atoms with E-state index in [0.29, 0.717) is 18.5 Å². The maximum Gasteiger partial charge on any atom is 0.234 e. The van der Waals surface area contributed by atoms with Crippen LogP contribution in [-0.2, 0) is 4.79 Å². The maximum absolute atomic E-state index is 11.7. The average molecular weight is 227 g/mol. The molecule has 16 heavy (non-hydrogen) atoms. The molecule has 0 bridgehead atoms. The van der Waals surface area contributed by atoms with Crippen molar-refractivity contribution in [2.75, 3.05) is 19.6 Å². The monoisotopic (exact) mass is 227 g/mol. The highest BCUT2D eigenvalue weighted by Crippen LogP contribution is 2.21. The molecule has 4 heteroatoms. The van der Waals surface area contributed by atoms with Gasteiger partial charge in [0.15, 0.2) is 0 Å². The second-order valence-corrected chi connectivity index (χ2v) is 4.99. The summed E-state index contributed by atoms with van der Waals surface area (Å²) in [6.07, 6.45) is 2.10. The van der Waals surface area contributed by atoms with Gasteiger partial charge in [-0.25, -0.2) is 0 Å². The van der Waals surface area contributed by atoms with Gasteiger partial charge in [-0.2, -0.15) is 0 Å². The molecule has 0 aromatic heterocycles. The van der Waals surface area contributed by atoms with E-state index >= 15 is 0 Å². The lowest BCUT2D eigenvalue weighted by Gasteiger charge is -2.21. The first-order valence-electron chi connectivity index (χ1n) is 6.30. The van der Waals surface area contributed by atoms with Crippen LogP contribution in [0, 0.1) is 5.92 Å². The molecule has 1 saturated heterocycles. The van der Waals surface area contributed by atoms with Crippen LogP contribution in [0.4, 0.5) is 0 Å². The highest BCUT2D eigenvalue weighted by atomic mass is 16.2. The van der Waals surface area contributed by atoms with E-state index in [4.69, 9.17) is 5.73 Å². The van der Waals surface area contributed by atoms with Gasteiger partial charge in [-0.05, 0) is 39.2 Å². The third-order valence-electron chi connectivity index (χ3n) is 3.49. The first-order chi connectivity index (χ1) is 7.56. The molecule has 3 N–H and O–H groups in total. The van der Waals surface area contributed by atoms with Crippen molar-refractivity contribution in [2.45, 2.75) is 45.7 Å². The number of nitrogens with zero attached hydrogens (tertiary/aromatic N) is 1. The van der Waals surface area contributed by atoms with Gasteiger partial charge in [-0.15, -0.1) is 0 Å². The molecule has 3 atom stereocenters. The van der Waals surface area contributed by atoms with E-state index < -0.39 is 0 Å². The number of carbonyl (C=O) groups excluding carboxylic acids is 1. The van der Waals surface area contributed by atoms with Gasteiger partial charge in [0.05, 0.1) is 6.54 Å². The van der Waals surface area contributed by atoms with Crippen LogP contribution >= 0.6 is 0 Å². The van der Waals surface area contributed by atoms with Gasteiger partial charge in [0, 0.05) is 18.6 Å². The Balaban J connectivity index is 2.34. The minimum absolute atomic E-state index is 0.138. The fourth-order valence-corrected chi connectivity index (χ4v) is 2.22. The van der Waals surface area contributed by atoms with Crippen LogP contribution in [0.5, 0.6) is 0 Å². The van der Waals surface area contributed by atoms with E-state index in [1.807, 2.05) is 6.92 Å². The number of carbonyl (C=O) groups is 1. The average Bonchev–Trinajstić information content (AvgIpc) is 2.59. The molecule has 1 aliphatic heterocycles. The molecule has 1 rings (SSSR count). The number of nitrogens with one attached hydrogen (secondary N) is 1. The molecule has 1 fully saturated rings. The molecule has 0 spiro atoms. The van der Waals surface area contributed by atoms with Crippen molar-refractivity contribution in [1.82, 2.24) is 10.2 Å². The van der Waals surface area contributed by atoms with E-state index in [0.717, 1.165) is 25.9 Å². The van der Waals surface area contributed by atoms with Crippen molar-refractivity contribution in [2.24, 2.45) is 11.7 Å². The lowest BCUT2D eigenvalue weighted by atomic mass is 10.1. The summed E-state index contributed by atoms with van der Waals surface area (Å²) in [7, 11) is 0. The first kappa shape index (κ1) is 13.5. The predicted octanol–water partition coefficient (Wildman–Crippen LogP) is 0.570. The van der Waals surface area contributed by atoms with Crippen LogP contribution < -0.4 is 11.1 Å². The molecule has 3 unspecified atom stereocenters.